The molecule has 2 aromatic carbocycles. The summed E-state index contributed by atoms with van der Waals surface area (Å²) < 4.78 is 28.5. The van der Waals surface area contributed by atoms with Crippen molar-refractivity contribution in [3.8, 4) is 0 Å². The van der Waals surface area contributed by atoms with Gasteiger partial charge in [0.05, 0.1) is 17.6 Å². The highest BCUT2D eigenvalue weighted by atomic mass is 35.5. The molecule has 0 amide bonds. The third-order valence-electron chi connectivity index (χ3n) is 3.47. The number of nitrogens with zero attached hydrogens (tertiary/aromatic N) is 2. The average molecular weight is 323 g/mol. The van der Waals surface area contributed by atoms with Crippen molar-refractivity contribution in [1.82, 2.24) is 9.55 Å². The Kier molecular flexibility index (Phi) is 4.09. The van der Waals surface area contributed by atoms with Crippen LogP contribution >= 0.6 is 11.6 Å². The van der Waals surface area contributed by atoms with Crippen molar-refractivity contribution in [3.05, 3.63) is 64.4 Å². The number of aliphatic hydroxyl groups is 1. The maximum absolute atomic E-state index is 13.5. The van der Waals surface area contributed by atoms with E-state index in [9.17, 15) is 13.9 Å². The standard InChI is InChI=1S/C16H13ClF2N2O/c17-11-3-1-10(2-4-11)7-16-20-14-8-12(18)13(19)9-15(14)21(16)5-6-22/h1-4,8-9,22H,5-7H2. The third-order valence-corrected chi connectivity index (χ3v) is 3.72. The van der Waals surface area contributed by atoms with Crippen LogP contribution in [0, 0.1) is 11.6 Å². The fourth-order valence-electron chi connectivity index (χ4n) is 2.44. The van der Waals surface area contributed by atoms with Gasteiger partial charge >= 0.3 is 0 Å². The van der Waals surface area contributed by atoms with Gasteiger partial charge < -0.3 is 9.67 Å². The largest absolute Gasteiger partial charge is 0.395 e. The van der Waals surface area contributed by atoms with Gasteiger partial charge in [0.15, 0.2) is 11.6 Å². The molecule has 0 fully saturated rings. The minimum absolute atomic E-state index is 0.113. The second-order valence-corrected chi connectivity index (χ2v) is 5.40. The monoisotopic (exact) mass is 322 g/mol. The summed E-state index contributed by atoms with van der Waals surface area (Å²) >= 11 is 5.86. The highest BCUT2D eigenvalue weighted by molar-refractivity contribution is 6.30. The van der Waals surface area contributed by atoms with E-state index in [0.717, 1.165) is 17.7 Å². The Labute approximate surface area is 130 Å². The Hall–Kier alpha value is -1.98. The summed E-state index contributed by atoms with van der Waals surface area (Å²) in [4.78, 5) is 4.36. The number of aliphatic hydroxyl groups excluding tert-OH is 1. The topological polar surface area (TPSA) is 38.0 Å². The van der Waals surface area contributed by atoms with Crippen LogP contribution in [0.25, 0.3) is 11.0 Å². The molecular weight excluding hydrogens is 310 g/mol. The van der Waals surface area contributed by atoms with E-state index in [4.69, 9.17) is 11.6 Å². The van der Waals surface area contributed by atoms with Gasteiger partial charge in [0, 0.05) is 30.1 Å². The molecule has 0 saturated heterocycles. The Morgan fingerprint density at radius 1 is 1.09 bits per heavy atom. The van der Waals surface area contributed by atoms with Crippen molar-refractivity contribution in [1.29, 1.82) is 0 Å². The fraction of sp³-hybridized carbons (Fsp3) is 0.188. The molecular formula is C16H13ClF2N2O. The molecule has 1 heterocycles. The Bertz CT molecular complexity index is 815. The van der Waals surface area contributed by atoms with Crippen LogP contribution in [-0.2, 0) is 13.0 Å². The summed E-state index contributed by atoms with van der Waals surface area (Å²) in [6, 6.07) is 9.46. The summed E-state index contributed by atoms with van der Waals surface area (Å²) in [6.45, 7) is 0.155. The van der Waals surface area contributed by atoms with Gasteiger partial charge in [-0.05, 0) is 17.7 Å². The first kappa shape index (κ1) is 14.9. The van der Waals surface area contributed by atoms with E-state index in [-0.39, 0.29) is 13.2 Å². The Balaban J connectivity index is 2.07. The predicted octanol–water partition coefficient (Wildman–Crippen LogP) is 3.55. The molecule has 0 saturated carbocycles. The molecule has 0 aliphatic heterocycles. The first-order valence-electron chi connectivity index (χ1n) is 6.78. The lowest BCUT2D eigenvalue weighted by Crippen LogP contribution is -2.07. The summed E-state index contributed by atoms with van der Waals surface area (Å²) in [5, 5.41) is 9.85. The van der Waals surface area contributed by atoms with Crippen LogP contribution in [0.5, 0.6) is 0 Å². The highest BCUT2D eigenvalue weighted by Crippen LogP contribution is 2.22. The van der Waals surface area contributed by atoms with Crippen molar-refractivity contribution in [3.63, 3.8) is 0 Å². The number of benzene rings is 2. The minimum Gasteiger partial charge on any atom is -0.395 e. The van der Waals surface area contributed by atoms with E-state index in [2.05, 4.69) is 4.98 Å². The Morgan fingerprint density at radius 2 is 1.77 bits per heavy atom. The smallest absolute Gasteiger partial charge is 0.161 e. The molecule has 3 nitrogen and oxygen atoms in total. The highest BCUT2D eigenvalue weighted by Gasteiger charge is 2.14. The first-order chi connectivity index (χ1) is 10.6. The van der Waals surface area contributed by atoms with E-state index in [1.165, 1.54) is 0 Å². The zero-order valence-electron chi connectivity index (χ0n) is 11.6. The number of fused-ring (bicyclic) bond motifs is 1. The lowest BCUT2D eigenvalue weighted by atomic mass is 10.1. The molecule has 6 heteroatoms. The molecule has 3 aromatic rings. The van der Waals surface area contributed by atoms with E-state index in [0.29, 0.717) is 28.3 Å². The molecule has 0 unspecified atom stereocenters. The first-order valence-corrected chi connectivity index (χ1v) is 7.15. The van der Waals surface area contributed by atoms with Crippen LogP contribution in [0.15, 0.2) is 36.4 Å². The normalized spacial score (nSPS) is 11.3. The molecule has 3 rings (SSSR count). The van der Waals surface area contributed by atoms with Gasteiger partial charge in [0.25, 0.3) is 0 Å². The third kappa shape index (κ3) is 2.82. The summed E-state index contributed by atoms with van der Waals surface area (Å²) in [5.74, 6) is -1.22. The maximum atomic E-state index is 13.5. The van der Waals surface area contributed by atoms with E-state index in [1.807, 2.05) is 12.1 Å². The van der Waals surface area contributed by atoms with Gasteiger partial charge in [-0.25, -0.2) is 13.8 Å². The van der Waals surface area contributed by atoms with Gasteiger partial charge in [-0.15, -0.1) is 0 Å². The van der Waals surface area contributed by atoms with Gasteiger partial charge in [-0.3, -0.25) is 0 Å². The number of halogens is 3. The van der Waals surface area contributed by atoms with E-state index >= 15 is 0 Å². The quantitative estimate of drug-likeness (QED) is 0.797. The van der Waals surface area contributed by atoms with Gasteiger partial charge in [0.2, 0.25) is 0 Å². The van der Waals surface area contributed by atoms with Crippen LogP contribution in [0.4, 0.5) is 8.78 Å². The zero-order valence-corrected chi connectivity index (χ0v) is 12.3. The fourth-order valence-corrected chi connectivity index (χ4v) is 2.57. The Morgan fingerprint density at radius 3 is 2.45 bits per heavy atom. The number of rotatable bonds is 4. The molecule has 0 aliphatic rings. The predicted molar refractivity (Wildman–Crippen MR) is 81.0 cm³/mol. The molecule has 0 spiro atoms. The van der Waals surface area contributed by atoms with Gasteiger partial charge in [0.1, 0.15) is 5.82 Å². The molecule has 1 N–H and O–H groups in total. The molecule has 114 valence electrons. The van der Waals surface area contributed by atoms with Crippen molar-refractivity contribution < 1.29 is 13.9 Å². The van der Waals surface area contributed by atoms with Gasteiger partial charge in [-0.2, -0.15) is 0 Å². The molecule has 1 aromatic heterocycles. The van der Waals surface area contributed by atoms with Crippen molar-refractivity contribution in [2.45, 2.75) is 13.0 Å². The van der Waals surface area contributed by atoms with Crippen LogP contribution in [0.1, 0.15) is 11.4 Å². The molecule has 22 heavy (non-hydrogen) atoms. The second-order valence-electron chi connectivity index (χ2n) is 4.96. The number of aromatic nitrogens is 2. The number of hydrogen-bond donors (Lipinski definition) is 1. The SMILES string of the molecule is OCCn1c(Cc2ccc(Cl)cc2)nc2cc(F)c(F)cc21. The second kappa shape index (κ2) is 6.02. The summed E-state index contributed by atoms with van der Waals surface area (Å²) in [7, 11) is 0. The van der Waals surface area contributed by atoms with Crippen LogP contribution in [0.3, 0.4) is 0 Å². The van der Waals surface area contributed by atoms with Crippen molar-refractivity contribution in [2.75, 3.05) is 6.61 Å². The van der Waals surface area contributed by atoms with Crippen LogP contribution < -0.4 is 0 Å². The molecule has 0 aliphatic carbocycles. The zero-order chi connectivity index (χ0) is 15.7. The number of hydrogen-bond acceptors (Lipinski definition) is 2. The summed E-state index contributed by atoms with van der Waals surface area (Å²) in [6.07, 6.45) is 0.481. The van der Waals surface area contributed by atoms with Crippen molar-refractivity contribution >= 4 is 22.6 Å². The van der Waals surface area contributed by atoms with Crippen LogP contribution in [-0.4, -0.2) is 21.3 Å². The molecule has 0 bridgehead atoms. The lowest BCUT2D eigenvalue weighted by Gasteiger charge is -2.07. The molecule has 0 radical (unpaired) electrons. The minimum atomic E-state index is -0.931. The van der Waals surface area contributed by atoms with E-state index in [1.54, 1.807) is 16.7 Å². The van der Waals surface area contributed by atoms with Crippen molar-refractivity contribution in [2.24, 2.45) is 0 Å². The lowest BCUT2D eigenvalue weighted by molar-refractivity contribution is 0.276. The average Bonchev–Trinajstić information content (AvgIpc) is 2.80. The molecule has 0 atom stereocenters. The maximum Gasteiger partial charge on any atom is 0.161 e. The van der Waals surface area contributed by atoms with Crippen LogP contribution in [0.2, 0.25) is 5.02 Å². The van der Waals surface area contributed by atoms with E-state index < -0.39 is 11.6 Å². The van der Waals surface area contributed by atoms with Gasteiger partial charge in [-0.1, -0.05) is 23.7 Å². The summed E-state index contributed by atoms with van der Waals surface area (Å²) in [5.41, 5.74) is 1.81. The number of imidazole rings is 1.